The van der Waals surface area contributed by atoms with Crippen LogP contribution < -0.4 is 0 Å². The van der Waals surface area contributed by atoms with Gasteiger partial charge in [0.1, 0.15) is 0 Å². The van der Waals surface area contributed by atoms with Gasteiger partial charge in [0.25, 0.3) is 0 Å². The summed E-state index contributed by atoms with van der Waals surface area (Å²) in [6.07, 6.45) is 3.08. The van der Waals surface area contributed by atoms with Crippen LogP contribution in [0, 0.1) is 0 Å². The molecular formula is C19H22N2O3. The van der Waals surface area contributed by atoms with E-state index in [9.17, 15) is 4.79 Å². The molecule has 1 unspecified atom stereocenters. The third-order valence-electron chi connectivity index (χ3n) is 4.20. The van der Waals surface area contributed by atoms with Crippen LogP contribution in [-0.4, -0.2) is 42.2 Å². The number of methoxy groups -OCH3 is 1. The van der Waals surface area contributed by atoms with Gasteiger partial charge in [-0.25, -0.2) is 4.79 Å². The Balaban J connectivity index is 1.46. The highest BCUT2D eigenvalue weighted by Gasteiger charge is 2.23. The second kappa shape index (κ2) is 8.04. The van der Waals surface area contributed by atoms with E-state index in [4.69, 9.17) is 9.47 Å². The molecule has 0 bridgehead atoms. The molecule has 0 N–H and O–H groups in total. The van der Waals surface area contributed by atoms with Crippen molar-refractivity contribution in [1.82, 2.24) is 9.88 Å². The molecule has 0 amide bonds. The number of benzene rings is 1. The van der Waals surface area contributed by atoms with Crippen molar-refractivity contribution in [3.63, 3.8) is 0 Å². The lowest BCUT2D eigenvalue weighted by Crippen LogP contribution is -2.23. The number of aromatic nitrogens is 1. The molecule has 5 heteroatoms. The Labute approximate surface area is 142 Å². The van der Waals surface area contributed by atoms with Crippen molar-refractivity contribution in [2.24, 2.45) is 0 Å². The minimum absolute atomic E-state index is 0.251. The van der Waals surface area contributed by atoms with Crippen LogP contribution in [0.25, 0.3) is 0 Å². The Morgan fingerprint density at radius 2 is 2.08 bits per heavy atom. The van der Waals surface area contributed by atoms with Crippen molar-refractivity contribution in [3.05, 3.63) is 65.5 Å². The largest absolute Gasteiger partial charge is 0.465 e. The summed E-state index contributed by atoms with van der Waals surface area (Å²) in [7, 11) is 1.39. The summed E-state index contributed by atoms with van der Waals surface area (Å²) < 4.78 is 10.7. The van der Waals surface area contributed by atoms with E-state index in [1.54, 1.807) is 6.20 Å². The van der Waals surface area contributed by atoms with Crippen molar-refractivity contribution >= 4 is 5.97 Å². The lowest BCUT2D eigenvalue weighted by atomic mass is 10.1. The number of rotatable bonds is 6. The van der Waals surface area contributed by atoms with Gasteiger partial charge in [-0.2, -0.15) is 0 Å². The fraction of sp³-hybridized carbons (Fsp3) is 0.368. The molecule has 1 atom stereocenters. The zero-order valence-electron chi connectivity index (χ0n) is 13.9. The molecule has 1 fully saturated rings. The summed E-state index contributed by atoms with van der Waals surface area (Å²) in [6, 6.07) is 13.5. The Bertz CT molecular complexity index is 658. The molecule has 24 heavy (non-hydrogen) atoms. The highest BCUT2D eigenvalue weighted by atomic mass is 16.5. The van der Waals surface area contributed by atoms with Gasteiger partial charge in [-0.1, -0.05) is 18.2 Å². The van der Waals surface area contributed by atoms with Crippen molar-refractivity contribution < 1.29 is 14.3 Å². The van der Waals surface area contributed by atoms with Gasteiger partial charge >= 0.3 is 5.97 Å². The van der Waals surface area contributed by atoms with E-state index in [1.807, 2.05) is 42.5 Å². The summed E-state index contributed by atoms with van der Waals surface area (Å²) in [4.78, 5) is 18.1. The van der Waals surface area contributed by atoms with Crippen LogP contribution in [0.2, 0.25) is 0 Å². The van der Waals surface area contributed by atoms with Crippen molar-refractivity contribution in [3.8, 4) is 0 Å². The van der Waals surface area contributed by atoms with Gasteiger partial charge in [0.05, 0.1) is 31.1 Å². The van der Waals surface area contributed by atoms with E-state index in [1.165, 1.54) is 12.7 Å². The third-order valence-corrected chi connectivity index (χ3v) is 4.20. The fourth-order valence-electron chi connectivity index (χ4n) is 2.89. The van der Waals surface area contributed by atoms with Crippen LogP contribution in [0.15, 0.2) is 48.7 Å². The smallest absolute Gasteiger partial charge is 0.337 e. The van der Waals surface area contributed by atoms with Gasteiger partial charge in [-0.15, -0.1) is 0 Å². The monoisotopic (exact) mass is 326 g/mol. The Morgan fingerprint density at radius 3 is 2.79 bits per heavy atom. The first kappa shape index (κ1) is 16.6. The zero-order valence-corrected chi connectivity index (χ0v) is 13.9. The molecule has 1 aliphatic heterocycles. The summed E-state index contributed by atoms with van der Waals surface area (Å²) in [6.45, 7) is 3.37. The molecule has 2 aromatic rings. The van der Waals surface area contributed by atoms with Crippen molar-refractivity contribution in [2.45, 2.75) is 25.7 Å². The molecule has 2 heterocycles. The number of nitrogens with zero attached hydrogens (tertiary/aromatic N) is 2. The van der Waals surface area contributed by atoms with Crippen molar-refractivity contribution in [2.75, 3.05) is 20.2 Å². The summed E-state index contributed by atoms with van der Waals surface area (Å²) in [5, 5.41) is 0. The van der Waals surface area contributed by atoms with E-state index in [-0.39, 0.29) is 12.1 Å². The second-order valence-electron chi connectivity index (χ2n) is 5.97. The quantitative estimate of drug-likeness (QED) is 0.764. The molecule has 1 aromatic carbocycles. The molecule has 0 saturated carbocycles. The van der Waals surface area contributed by atoms with Gasteiger partial charge in [0.2, 0.25) is 0 Å². The first-order valence-corrected chi connectivity index (χ1v) is 8.16. The summed E-state index contributed by atoms with van der Waals surface area (Å²) in [5.41, 5.74) is 2.74. The maximum Gasteiger partial charge on any atom is 0.337 e. The van der Waals surface area contributed by atoms with E-state index in [0.717, 1.165) is 31.7 Å². The maximum absolute atomic E-state index is 11.4. The number of likely N-dealkylation sites (tertiary alicyclic amines) is 1. The second-order valence-corrected chi connectivity index (χ2v) is 5.97. The molecule has 126 valence electrons. The average Bonchev–Trinajstić information content (AvgIpc) is 3.08. The summed E-state index contributed by atoms with van der Waals surface area (Å²) >= 11 is 0. The minimum atomic E-state index is -0.300. The number of hydrogen-bond donors (Lipinski definition) is 0. The van der Waals surface area contributed by atoms with E-state index in [0.29, 0.717) is 12.2 Å². The number of carbonyl (C=O) groups is 1. The summed E-state index contributed by atoms with van der Waals surface area (Å²) in [5.74, 6) is -0.300. The van der Waals surface area contributed by atoms with Crippen LogP contribution in [0.5, 0.6) is 0 Å². The first-order chi connectivity index (χ1) is 11.7. The molecule has 0 radical (unpaired) electrons. The molecule has 5 nitrogen and oxygen atoms in total. The average molecular weight is 326 g/mol. The Hall–Kier alpha value is -2.24. The topological polar surface area (TPSA) is 51.7 Å². The highest BCUT2D eigenvalue weighted by molar-refractivity contribution is 5.89. The minimum Gasteiger partial charge on any atom is -0.465 e. The van der Waals surface area contributed by atoms with Crippen LogP contribution in [0.3, 0.4) is 0 Å². The lowest BCUT2D eigenvalue weighted by molar-refractivity contribution is 0.0443. The lowest BCUT2D eigenvalue weighted by Gasteiger charge is -2.16. The molecule has 0 aliphatic carbocycles. The number of hydrogen-bond acceptors (Lipinski definition) is 5. The number of pyridine rings is 1. The normalized spacial score (nSPS) is 17.8. The van der Waals surface area contributed by atoms with E-state index in [2.05, 4.69) is 9.88 Å². The molecular weight excluding hydrogens is 304 g/mol. The number of esters is 1. The molecule has 1 aromatic heterocycles. The van der Waals surface area contributed by atoms with Gasteiger partial charge < -0.3 is 9.47 Å². The van der Waals surface area contributed by atoms with Gasteiger partial charge in [0.15, 0.2) is 0 Å². The zero-order chi connectivity index (χ0) is 16.8. The fourth-order valence-corrected chi connectivity index (χ4v) is 2.89. The predicted molar refractivity (Wildman–Crippen MR) is 90.5 cm³/mol. The van der Waals surface area contributed by atoms with Gasteiger partial charge in [0, 0.05) is 25.8 Å². The molecule has 1 saturated heterocycles. The van der Waals surface area contributed by atoms with Gasteiger partial charge in [-0.05, 0) is 36.2 Å². The molecule has 3 rings (SSSR count). The predicted octanol–water partition coefficient (Wildman–Crippen LogP) is 2.66. The highest BCUT2D eigenvalue weighted by Crippen LogP contribution is 2.17. The standard InChI is InChI=1S/C19H22N2O3/c1-23-19(22)16-7-5-15(6-8-16)12-21-11-9-18(13-21)24-14-17-4-2-3-10-20-17/h2-8,10,18H,9,11-14H2,1H3. The van der Waals surface area contributed by atoms with E-state index >= 15 is 0 Å². The number of carbonyl (C=O) groups excluding carboxylic acids is 1. The first-order valence-electron chi connectivity index (χ1n) is 8.16. The SMILES string of the molecule is COC(=O)c1ccc(CN2CCC(OCc3ccccn3)C2)cc1. The Kier molecular flexibility index (Phi) is 5.56. The van der Waals surface area contributed by atoms with Crippen LogP contribution >= 0.6 is 0 Å². The third kappa shape index (κ3) is 4.40. The Morgan fingerprint density at radius 1 is 1.25 bits per heavy atom. The van der Waals surface area contributed by atoms with Gasteiger partial charge in [-0.3, -0.25) is 9.88 Å². The number of ether oxygens (including phenoxy) is 2. The van der Waals surface area contributed by atoms with Crippen LogP contribution in [0.1, 0.15) is 28.0 Å². The molecule has 0 spiro atoms. The maximum atomic E-state index is 11.4. The van der Waals surface area contributed by atoms with Crippen LogP contribution in [0.4, 0.5) is 0 Å². The molecule has 1 aliphatic rings. The van der Waals surface area contributed by atoms with E-state index < -0.39 is 0 Å². The van der Waals surface area contributed by atoms with Crippen LogP contribution in [-0.2, 0) is 22.6 Å². The van der Waals surface area contributed by atoms with Crippen molar-refractivity contribution in [1.29, 1.82) is 0 Å².